The largest absolute Gasteiger partial charge is 0.463 e. The van der Waals surface area contributed by atoms with Crippen molar-refractivity contribution >= 4 is 17.5 Å². The van der Waals surface area contributed by atoms with Gasteiger partial charge in [0.25, 0.3) is 0 Å². The summed E-state index contributed by atoms with van der Waals surface area (Å²) in [6.07, 6.45) is 6.63. The fourth-order valence-corrected chi connectivity index (χ4v) is 8.88. The smallest absolute Gasteiger partial charge is 0.302 e. The Bertz CT molecular complexity index is 775. The second kappa shape index (κ2) is 6.88. The van der Waals surface area contributed by atoms with Gasteiger partial charge in [0.05, 0.1) is 0 Å². The highest BCUT2D eigenvalue weighted by atomic mass is 16.5. The molecular weight excluding hydrogens is 378 g/mol. The first-order valence-electron chi connectivity index (χ1n) is 12.1. The number of fused-ring (bicyclic) bond motifs is 5. The van der Waals surface area contributed by atoms with E-state index in [4.69, 9.17) is 4.74 Å². The molecule has 5 heteroatoms. The van der Waals surface area contributed by atoms with E-state index in [2.05, 4.69) is 18.7 Å². The SMILES string of the molecule is CC(=O)OC1CC[C@@]2(C)C(CC[C@H]3[C@@H]4CC(N5CC5)[C@H](C(C)=O)[C@@]4(C)CC(=O)[C@@H]32)C1. The molecule has 0 aromatic carbocycles. The maximum absolute atomic E-state index is 13.7. The van der Waals surface area contributed by atoms with Crippen molar-refractivity contribution in [3.8, 4) is 0 Å². The molecule has 0 N–H and O–H groups in total. The van der Waals surface area contributed by atoms with Crippen LogP contribution in [0.2, 0.25) is 0 Å². The molecule has 5 rings (SSSR count). The van der Waals surface area contributed by atoms with Crippen LogP contribution in [0, 0.1) is 40.4 Å². The summed E-state index contributed by atoms with van der Waals surface area (Å²) in [5.41, 5.74) is -0.156. The van der Waals surface area contributed by atoms with Crippen molar-refractivity contribution < 1.29 is 19.1 Å². The number of ether oxygens (including phenoxy) is 1. The van der Waals surface area contributed by atoms with E-state index >= 15 is 0 Å². The second-order valence-electron chi connectivity index (χ2n) is 11.6. The molecular formula is C25H37NO4. The van der Waals surface area contributed by atoms with Crippen LogP contribution < -0.4 is 0 Å². The van der Waals surface area contributed by atoms with Gasteiger partial charge in [0.2, 0.25) is 0 Å². The van der Waals surface area contributed by atoms with Gasteiger partial charge in [-0.2, -0.15) is 0 Å². The van der Waals surface area contributed by atoms with Crippen LogP contribution in [-0.2, 0) is 19.1 Å². The van der Waals surface area contributed by atoms with Gasteiger partial charge in [-0.05, 0) is 74.0 Å². The lowest BCUT2D eigenvalue weighted by molar-refractivity contribution is -0.169. The van der Waals surface area contributed by atoms with Crippen LogP contribution in [0.5, 0.6) is 0 Å². The molecule has 166 valence electrons. The maximum atomic E-state index is 13.7. The highest BCUT2D eigenvalue weighted by molar-refractivity contribution is 5.87. The van der Waals surface area contributed by atoms with Crippen LogP contribution in [0.3, 0.4) is 0 Å². The normalized spacial score (nSPS) is 50.3. The lowest BCUT2D eigenvalue weighted by Gasteiger charge is -2.59. The van der Waals surface area contributed by atoms with Crippen LogP contribution in [-0.4, -0.2) is 47.7 Å². The van der Waals surface area contributed by atoms with E-state index in [1.165, 1.54) is 6.92 Å². The van der Waals surface area contributed by atoms with Gasteiger partial charge in [0.1, 0.15) is 17.7 Å². The Morgan fingerprint density at radius 2 is 1.77 bits per heavy atom. The van der Waals surface area contributed by atoms with Crippen molar-refractivity contribution in [1.29, 1.82) is 0 Å². The number of Topliss-reactive ketones (excluding diaryl/α,β-unsaturated/α-hetero) is 2. The Balaban J connectivity index is 1.44. The molecule has 0 radical (unpaired) electrons. The van der Waals surface area contributed by atoms with E-state index in [0.29, 0.717) is 36.0 Å². The molecule has 1 aliphatic heterocycles. The third-order valence-electron chi connectivity index (χ3n) is 10.1. The lowest BCUT2D eigenvalue weighted by atomic mass is 9.44. The zero-order chi connectivity index (χ0) is 21.4. The van der Waals surface area contributed by atoms with Crippen molar-refractivity contribution in [3.63, 3.8) is 0 Å². The fourth-order valence-electron chi connectivity index (χ4n) is 8.88. The third-order valence-corrected chi connectivity index (χ3v) is 10.1. The minimum absolute atomic E-state index is 0.0140. The van der Waals surface area contributed by atoms with Gasteiger partial charge in [-0.15, -0.1) is 0 Å². The molecule has 5 aliphatic rings. The highest BCUT2D eigenvalue weighted by Gasteiger charge is 2.66. The van der Waals surface area contributed by atoms with Crippen LogP contribution in [0.4, 0.5) is 0 Å². The van der Waals surface area contributed by atoms with Crippen LogP contribution >= 0.6 is 0 Å². The Hall–Kier alpha value is -1.23. The molecule has 0 aromatic rings. The molecule has 5 nitrogen and oxygen atoms in total. The molecule has 4 saturated carbocycles. The third kappa shape index (κ3) is 2.94. The molecule has 3 unspecified atom stereocenters. The molecule has 5 fully saturated rings. The molecule has 0 spiro atoms. The Morgan fingerprint density at radius 3 is 2.40 bits per heavy atom. The molecule has 4 aliphatic carbocycles. The van der Waals surface area contributed by atoms with Gasteiger partial charge >= 0.3 is 5.97 Å². The molecule has 0 aromatic heterocycles. The summed E-state index contributed by atoms with van der Waals surface area (Å²) in [6.45, 7) is 10.1. The summed E-state index contributed by atoms with van der Waals surface area (Å²) in [7, 11) is 0. The average molecular weight is 416 g/mol. The monoisotopic (exact) mass is 415 g/mol. The Morgan fingerprint density at radius 1 is 1.03 bits per heavy atom. The van der Waals surface area contributed by atoms with E-state index in [0.717, 1.165) is 51.6 Å². The number of hydrogen-bond donors (Lipinski definition) is 0. The first kappa shape index (κ1) is 20.7. The summed E-state index contributed by atoms with van der Waals surface area (Å²) < 4.78 is 5.55. The van der Waals surface area contributed by atoms with E-state index in [-0.39, 0.29) is 40.5 Å². The quantitative estimate of drug-likeness (QED) is 0.520. The van der Waals surface area contributed by atoms with Crippen molar-refractivity contribution in [2.24, 2.45) is 40.4 Å². The van der Waals surface area contributed by atoms with Gasteiger partial charge in [-0.1, -0.05) is 13.8 Å². The molecule has 9 atom stereocenters. The second-order valence-corrected chi connectivity index (χ2v) is 11.6. The number of ketones is 2. The first-order chi connectivity index (χ1) is 14.1. The number of carbonyl (C=O) groups excluding carboxylic acids is 3. The molecule has 1 saturated heterocycles. The number of nitrogens with zero attached hydrogens (tertiary/aromatic N) is 1. The van der Waals surface area contributed by atoms with E-state index in [1.54, 1.807) is 6.92 Å². The van der Waals surface area contributed by atoms with Crippen LogP contribution in [0.15, 0.2) is 0 Å². The summed E-state index contributed by atoms with van der Waals surface area (Å²) in [4.78, 5) is 40.4. The number of hydrogen-bond acceptors (Lipinski definition) is 5. The summed E-state index contributed by atoms with van der Waals surface area (Å²) in [5.74, 6) is 1.98. The van der Waals surface area contributed by atoms with Crippen molar-refractivity contribution in [2.75, 3.05) is 13.1 Å². The van der Waals surface area contributed by atoms with E-state index < -0.39 is 0 Å². The van der Waals surface area contributed by atoms with Crippen LogP contribution in [0.25, 0.3) is 0 Å². The van der Waals surface area contributed by atoms with Crippen molar-refractivity contribution in [1.82, 2.24) is 4.90 Å². The van der Waals surface area contributed by atoms with Gasteiger partial charge in [0.15, 0.2) is 0 Å². The minimum Gasteiger partial charge on any atom is -0.463 e. The highest BCUT2D eigenvalue weighted by Crippen LogP contribution is 2.67. The zero-order valence-corrected chi connectivity index (χ0v) is 19.0. The van der Waals surface area contributed by atoms with Gasteiger partial charge < -0.3 is 4.74 Å². The summed E-state index contributed by atoms with van der Waals surface area (Å²) in [6, 6.07) is 0.342. The number of carbonyl (C=O) groups is 3. The standard InChI is InChI=1S/C25H37NO4/c1-14(27)22-20(26-9-10-26)12-19-18-6-5-16-11-17(30-15(2)28)7-8-24(16,3)23(18)21(29)13-25(19,22)4/h16-20,22-23H,5-13H2,1-4H3/t16?,17?,18-,19-,20?,22-,23+,24-,25-/m0/s1. The fraction of sp³-hybridized carbons (Fsp3) is 0.880. The number of esters is 1. The summed E-state index contributed by atoms with van der Waals surface area (Å²) >= 11 is 0. The Kier molecular flexibility index (Phi) is 4.74. The molecule has 1 heterocycles. The van der Waals surface area contributed by atoms with Gasteiger partial charge in [-0.25, -0.2) is 0 Å². The Labute approximate surface area is 180 Å². The molecule has 0 amide bonds. The topological polar surface area (TPSA) is 63.5 Å². The zero-order valence-electron chi connectivity index (χ0n) is 19.0. The number of rotatable bonds is 3. The van der Waals surface area contributed by atoms with Crippen molar-refractivity contribution in [3.05, 3.63) is 0 Å². The lowest BCUT2D eigenvalue weighted by Crippen LogP contribution is -2.58. The van der Waals surface area contributed by atoms with E-state index in [1.807, 2.05) is 0 Å². The first-order valence-corrected chi connectivity index (χ1v) is 12.1. The molecule has 0 bridgehead atoms. The average Bonchev–Trinajstić information content (AvgIpc) is 3.43. The van der Waals surface area contributed by atoms with Crippen molar-refractivity contribution in [2.45, 2.75) is 84.8 Å². The predicted molar refractivity (Wildman–Crippen MR) is 113 cm³/mol. The minimum atomic E-state index is -0.191. The van der Waals surface area contributed by atoms with E-state index in [9.17, 15) is 14.4 Å². The maximum Gasteiger partial charge on any atom is 0.302 e. The summed E-state index contributed by atoms with van der Waals surface area (Å²) in [5, 5.41) is 0. The molecule has 30 heavy (non-hydrogen) atoms. The van der Waals surface area contributed by atoms with Crippen LogP contribution in [0.1, 0.15) is 72.6 Å². The van der Waals surface area contributed by atoms with Gasteiger partial charge in [0, 0.05) is 44.3 Å². The van der Waals surface area contributed by atoms with Gasteiger partial charge in [-0.3, -0.25) is 19.3 Å². The predicted octanol–water partition coefficient (Wildman–Crippen LogP) is 3.64.